The largest absolute Gasteiger partial charge is 0.378 e. The fraction of sp³-hybridized carbons (Fsp3) is 0.400. The average molecular weight is 300 g/mol. The molecule has 1 fully saturated rings. The predicted octanol–water partition coefficient (Wildman–Crippen LogP) is 0.860. The summed E-state index contributed by atoms with van der Waals surface area (Å²) in [5, 5.41) is 26.3. The Hall–Kier alpha value is -1.54. The summed E-state index contributed by atoms with van der Waals surface area (Å²) in [7, 11) is 0. The van der Waals surface area contributed by atoms with E-state index in [4.69, 9.17) is 28.2 Å². The molecule has 1 aromatic heterocycles. The number of hydrogen-bond acceptors (Lipinski definition) is 6. The number of nitrogens with one attached hydrogen (secondary N) is 3. The molecule has 19 heavy (non-hydrogen) atoms. The van der Waals surface area contributed by atoms with Gasteiger partial charge in [0.25, 0.3) is 0 Å². The summed E-state index contributed by atoms with van der Waals surface area (Å²) in [5.74, 6) is 0.738. The number of rotatable bonds is 2. The molecule has 5 N–H and O–H groups in total. The zero-order valence-corrected chi connectivity index (χ0v) is 11.6. The molecular weight excluding hydrogens is 286 g/mol. The predicted molar refractivity (Wildman–Crippen MR) is 78.0 cm³/mol. The van der Waals surface area contributed by atoms with Gasteiger partial charge >= 0.3 is 0 Å². The second-order valence-corrected chi connectivity index (χ2v) is 5.59. The summed E-state index contributed by atoms with van der Waals surface area (Å²) < 4.78 is 0. The Balaban J connectivity index is 1.89. The van der Waals surface area contributed by atoms with E-state index >= 15 is 0 Å². The molecule has 1 saturated heterocycles. The number of thioether (sulfide) groups is 1. The van der Waals surface area contributed by atoms with Crippen LogP contribution in [0.1, 0.15) is 6.42 Å². The molecule has 0 radical (unpaired) electrons. The highest BCUT2D eigenvalue weighted by molar-refractivity contribution is 8.26. The SMILES string of the molecule is N=C(N)SC(=N)NC1CCN(c2cc(Cl)cnn2)C1. The van der Waals surface area contributed by atoms with Crippen molar-refractivity contribution in [1.29, 1.82) is 10.8 Å². The molecular formula is C10H14ClN7S. The van der Waals surface area contributed by atoms with Gasteiger partial charge in [0, 0.05) is 25.2 Å². The Morgan fingerprint density at radius 2 is 2.37 bits per heavy atom. The van der Waals surface area contributed by atoms with Gasteiger partial charge in [-0.1, -0.05) is 11.6 Å². The highest BCUT2D eigenvalue weighted by Gasteiger charge is 2.24. The van der Waals surface area contributed by atoms with E-state index in [0.29, 0.717) is 5.02 Å². The van der Waals surface area contributed by atoms with Gasteiger partial charge in [-0.25, -0.2) is 0 Å². The minimum Gasteiger partial charge on any atom is -0.378 e. The van der Waals surface area contributed by atoms with Crippen molar-refractivity contribution in [3.63, 3.8) is 0 Å². The summed E-state index contributed by atoms with van der Waals surface area (Å²) >= 11 is 6.79. The molecule has 1 aliphatic rings. The van der Waals surface area contributed by atoms with Crippen LogP contribution in [0.2, 0.25) is 5.02 Å². The number of nitrogens with two attached hydrogens (primary N) is 1. The minimum absolute atomic E-state index is 0.0898. The Kier molecular flexibility index (Phi) is 4.43. The molecule has 1 unspecified atom stereocenters. The zero-order valence-electron chi connectivity index (χ0n) is 10.1. The molecule has 0 spiro atoms. The Morgan fingerprint density at radius 1 is 1.58 bits per heavy atom. The molecule has 0 aromatic carbocycles. The maximum atomic E-state index is 7.65. The smallest absolute Gasteiger partial charge is 0.161 e. The highest BCUT2D eigenvalue weighted by atomic mass is 35.5. The first-order valence-electron chi connectivity index (χ1n) is 5.64. The van der Waals surface area contributed by atoms with E-state index in [9.17, 15) is 0 Å². The lowest BCUT2D eigenvalue weighted by Gasteiger charge is -2.17. The van der Waals surface area contributed by atoms with Crippen LogP contribution < -0.4 is 16.0 Å². The van der Waals surface area contributed by atoms with Gasteiger partial charge in [0.05, 0.1) is 11.2 Å². The summed E-state index contributed by atoms with van der Waals surface area (Å²) in [6.45, 7) is 1.54. The molecule has 1 atom stereocenters. The number of nitrogens with zero attached hydrogens (tertiary/aromatic N) is 3. The van der Waals surface area contributed by atoms with Crippen molar-refractivity contribution in [1.82, 2.24) is 15.5 Å². The lowest BCUT2D eigenvalue weighted by atomic mass is 10.3. The molecule has 0 aliphatic carbocycles. The maximum absolute atomic E-state index is 7.65. The average Bonchev–Trinajstić information content (AvgIpc) is 2.76. The molecule has 1 aliphatic heterocycles. The van der Waals surface area contributed by atoms with Crippen molar-refractivity contribution in [3.8, 4) is 0 Å². The van der Waals surface area contributed by atoms with Crippen molar-refractivity contribution in [3.05, 3.63) is 17.3 Å². The van der Waals surface area contributed by atoms with E-state index in [2.05, 4.69) is 20.4 Å². The second kappa shape index (κ2) is 6.07. The maximum Gasteiger partial charge on any atom is 0.161 e. The van der Waals surface area contributed by atoms with Crippen LogP contribution in [-0.2, 0) is 0 Å². The highest BCUT2D eigenvalue weighted by Crippen LogP contribution is 2.20. The first-order valence-corrected chi connectivity index (χ1v) is 6.84. The fourth-order valence-corrected chi connectivity index (χ4v) is 2.48. The van der Waals surface area contributed by atoms with E-state index < -0.39 is 0 Å². The molecule has 2 heterocycles. The molecule has 0 amide bonds. The van der Waals surface area contributed by atoms with Crippen LogP contribution in [0.5, 0.6) is 0 Å². The third-order valence-electron chi connectivity index (χ3n) is 2.67. The summed E-state index contributed by atoms with van der Waals surface area (Å²) in [4.78, 5) is 2.06. The van der Waals surface area contributed by atoms with Crippen LogP contribution in [0.4, 0.5) is 5.82 Å². The lowest BCUT2D eigenvalue weighted by molar-refractivity contribution is 0.673. The van der Waals surface area contributed by atoms with Gasteiger partial charge in [0.15, 0.2) is 16.2 Å². The van der Waals surface area contributed by atoms with Gasteiger partial charge in [-0.2, -0.15) is 5.10 Å². The number of aromatic nitrogens is 2. The minimum atomic E-state index is -0.0898. The molecule has 2 rings (SSSR count). The zero-order chi connectivity index (χ0) is 13.8. The lowest BCUT2D eigenvalue weighted by Crippen LogP contribution is -2.36. The molecule has 0 bridgehead atoms. The first-order chi connectivity index (χ1) is 9.04. The van der Waals surface area contributed by atoms with Gasteiger partial charge in [-0.3, -0.25) is 10.8 Å². The van der Waals surface area contributed by atoms with E-state index in [-0.39, 0.29) is 16.4 Å². The van der Waals surface area contributed by atoms with Crippen LogP contribution in [0, 0.1) is 10.8 Å². The molecule has 0 saturated carbocycles. The van der Waals surface area contributed by atoms with E-state index in [1.807, 2.05) is 0 Å². The fourth-order valence-electron chi connectivity index (χ4n) is 1.90. The number of halogens is 1. The van der Waals surface area contributed by atoms with Gasteiger partial charge in [-0.05, 0) is 18.2 Å². The third kappa shape index (κ3) is 3.97. The van der Waals surface area contributed by atoms with Crippen LogP contribution in [0.15, 0.2) is 12.3 Å². The molecule has 102 valence electrons. The monoisotopic (exact) mass is 299 g/mol. The number of hydrogen-bond donors (Lipinski definition) is 4. The quantitative estimate of drug-likeness (QED) is 0.475. The Labute approximate surface area is 119 Å². The van der Waals surface area contributed by atoms with Crippen LogP contribution in [0.3, 0.4) is 0 Å². The van der Waals surface area contributed by atoms with Gasteiger partial charge in [-0.15, -0.1) is 5.10 Å². The van der Waals surface area contributed by atoms with Gasteiger partial charge < -0.3 is 16.0 Å². The summed E-state index contributed by atoms with van der Waals surface area (Å²) in [6.07, 6.45) is 2.38. The normalized spacial score (nSPS) is 18.4. The van der Waals surface area contributed by atoms with E-state index in [1.54, 1.807) is 6.07 Å². The Bertz CT molecular complexity index is 495. The molecule has 9 heteroatoms. The summed E-state index contributed by atoms with van der Waals surface area (Å²) in [6, 6.07) is 1.91. The third-order valence-corrected chi connectivity index (χ3v) is 3.42. The molecule has 1 aromatic rings. The van der Waals surface area contributed by atoms with Crippen LogP contribution >= 0.6 is 23.4 Å². The van der Waals surface area contributed by atoms with Crippen molar-refractivity contribution >= 4 is 39.5 Å². The Morgan fingerprint density at radius 3 is 3.05 bits per heavy atom. The number of amidine groups is 2. The molecule has 7 nitrogen and oxygen atoms in total. The van der Waals surface area contributed by atoms with Crippen LogP contribution in [-0.4, -0.2) is 39.7 Å². The topological polar surface area (TPSA) is 115 Å². The standard InChI is InChI=1S/C10H14ClN7S/c11-6-3-8(17-15-4-6)18-2-1-7(5-18)16-10(14)19-9(12)13/h3-4,7H,1-2,5H2,(H3,12,13)(H2,14,16). The van der Waals surface area contributed by atoms with Crippen LogP contribution in [0.25, 0.3) is 0 Å². The van der Waals surface area contributed by atoms with Crippen molar-refractivity contribution < 1.29 is 0 Å². The van der Waals surface area contributed by atoms with E-state index in [0.717, 1.165) is 37.1 Å². The summed E-state index contributed by atoms with van der Waals surface area (Å²) in [5.41, 5.74) is 5.22. The van der Waals surface area contributed by atoms with Gasteiger partial charge in [0.1, 0.15) is 0 Å². The van der Waals surface area contributed by atoms with Gasteiger partial charge in [0.2, 0.25) is 0 Å². The van der Waals surface area contributed by atoms with Crippen molar-refractivity contribution in [2.45, 2.75) is 12.5 Å². The van der Waals surface area contributed by atoms with Crippen molar-refractivity contribution in [2.24, 2.45) is 5.73 Å². The van der Waals surface area contributed by atoms with Crippen molar-refractivity contribution in [2.75, 3.05) is 18.0 Å². The van der Waals surface area contributed by atoms with E-state index in [1.165, 1.54) is 6.20 Å². The first kappa shape index (κ1) is 13.9. The second-order valence-electron chi connectivity index (χ2n) is 4.10. The number of anilines is 1.